The monoisotopic (exact) mass is 396 g/mol. The molecule has 3 rings (SSSR count). The fraction of sp³-hybridized carbons (Fsp3) is 0.458. The minimum atomic E-state index is -0.474. The van der Waals surface area contributed by atoms with Crippen molar-refractivity contribution in [2.45, 2.75) is 52.2 Å². The largest absolute Gasteiger partial charge is 0.457 e. The molecule has 0 saturated carbocycles. The maximum Gasteiger partial charge on any atom is 0.410 e. The summed E-state index contributed by atoms with van der Waals surface area (Å²) in [7, 11) is 0. The van der Waals surface area contributed by atoms with Gasteiger partial charge in [-0.3, -0.25) is 0 Å². The number of likely N-dealkylation sites (tertiary alicyclic amines) is 1. The number of amides is 1. The van der Waals surface area contributed by atoms with Gasteiger partial charge >= 0.3 is 6.09 Å². The van der Waals surface area contributed by atoms with Crippen molar-refractivity contribution in [2.75, 3.05) is 24.5 Å². The van der Waals surface area contributed by atoms with Gasteiger partial charge in [0.05, 0.1) is 6.04 Å². The molecule has 1 aliphatic heterocycles. The van der Waals surface area contributed by atoms with Gasteiger partial charge in [0.25, 0.3) is 0 Å². The lowest BCUT2D eigenvalue weighted by atomic mass is 10.2. The first kappa shape index (κ1) is 21.0. The molecule has 0 bridgehead atoms. The van der Waals surface area contributed by atoms with Crippen LogP contribution in [0.25, 0.3) is 0 Å². The first-order valence-corrected chi connectivity index (χ1v) is 10.4. The highest BCUT2D eigenvalue weighted by Gasteiger charge is 2.33. The molecule has 1 heterocycles. The van der Waals surface area contributed by atoms with Gasteiger partial charge in [-0.1, -0.05) is 24.3 Å². The summed E-state index contributed by atoms with van der Waals surface area (Å²) in [6.45, 7) is 10.3. The number of benzene rings is 2. The van der Waals surface area contributed by atoms with Crippen LogP contribution in [0.4, 0.5) is 10.5 Å². The minimum Gasteiger partial charge on any atom is -0.457 e. The smallest absolute Gasteiger partial charge is 0.410 e. The topological polar surface area (TPSA) is 42.0 Å². The van der Waals surface area contributed by atoms with E-state index >= 15 is 0 Å². The Bertz CT molecular complexity index is 801. The maximum absolute atomic E-state index is 12.6. The summed E-state index contributed by atoms with van der Waals surface area (Å²) in [6.07, 6.45) is 1.80. The quantitative estimate of drug-likeness (QED) is 0.628. The summed E-state index contributed by atoms with van der Waals surface area (Å²) in [5, 5.41) is 0. The first-order valence-electron chi connectivity index (χ1n) is 10.4. The number of anilines is 1. The summed E-state index contributed by atoms with van der Waals surface area (Å²) in [4.78, 5) is 16.8. The van der Waals surface area contributed by atoms with Crippen LogP contribution in [-0.4, -0.2) is 42.3 Å². The molecular formula is C24H32N2O3. The molecule has 2 aromatic carbocycles. The van der Waals surface area contributed by atoms with Gasteiger partial charge < -0.3 is 19.3 Å². The zero-order valence-corrected chi connectivity index (χ0v) is 17.9. The zero-order chi connectivity index (χ0) is 20.9. The second-order valence-corrected chi connectivity index (χ2v) is 8.42. The van der Waals surface area contributed by atoms with Crippen molar-refractivity contribution < 1.29 is 14.3 Å². The number of carbonyl (C=O) groups is 1. The molecule has 1 fully saturated rings. The van der Waals surface area contributed by atoms with Gasteiger partial charge in [-0.05, 0) is 64.8 Å². The van der Waals surface area contributed by atoms with Crippen molar-refractivity contribution in [3.05, 3.63) is 54.6 Å². The highest BCUT2D eigenvalue weighted by molar-refractivity contribution is 5.69. The van der Waals surface area contributed by atoms with Crippen molar-refractivity contribution in [3.8, 4) is 11.5 Å². The number of rotatable bonds is 6. The third-order valence-electron chi connectivity index (χ3n) is 4.98. The minimum absolute atomic E-state index is 0.156. The van der Waals surface area contributed by atoms with Crippen LogP contribution in [0.5, 0.6) is 11.5 Å². The molecule has 1 saturated heterocycles. The molecule has 0 spiro atoms. The highest BCUT2D eigenvalue weighted by atomic mass is 16.6. The van der Waals surface area contributed by atoms with Crippen molar-refractivity contribution in [3.63, 3.8) is 0 Å². The van der Waals surface area contributed by atoms with Gasteiger partial charge in [-0.15, -0.1) is 0 Å². The lowest BCUT2D eigenvalue weighted by molar-refractivity contribution is 0.0231. The van der Waals surface area contributed by atoms with Crippen LogP contribution < -0.4 is 9.64 Å². The Hall–Kier alpha value is -2.69. The summed E-state index contributed by atoms with van der Waals surface area (Å²) in [5.41, 5.74) is 0.620. The van der Waals surface area contributed by atoms with E-state index in [9.17, 15) is 4.79 Å². The maximum atomic E-state index is 12.6. The Labute approximate surface area is 174 Å². The lowest BCUT2D eigenvalue weighted by Crippen LogP contribution is -2.45. The number of hydrogen-bond acceptors (Lipinski definition) is 4. The molecule has 1 amide bonds. The Kier molecular flexibility index (Phi) is 6.68. The standard InChI is InChI=1S/C24H32N2O3/c1-5-25(18-20-12-10-16-26(20)23(27)29-24(2,3)4)19-11-9-15-22(17-19)28-21-13-7-6-8-14-21/h6-9,11,13-15,17,20H,5,10,12,16,18H2,1-4H3/t20-/m1/s1. The van der Waals surface area contributed by atoms with Crippen LogP contribution in [0.1, 0.15) is 40.5 Å². The van der Waals surface area contributed by atoms with E-state index in [1.807, 2.05) is 68.1 Å². The number of likely N-dealkylation sites (N-methyl/N-ethyl adjacent to an activating group) is 1. The van der Waals surface area contributed by atoms with Crippen LogP contribution in [0.15, 0.2) is 54.6 Å². The summed E-state index contributed by atoms with van der Waals surface area (Å²) < 4.78 is 11.6. The van der Waals surface area contributed by atoms with Gasteiger partial charge in [0.15, 0.2) is 0 Å². The summed E-state index contributed by atoms with van der Waals surface area (Å²) >= 11 is 0. The summed E-state index contributed by atoms with van der Waals surface area (Å²) in [6, 6.07) is 18.1. The number of nitrogens with zero attached hydrogens (tertiary/aromatic N) is 2. The van der Waals surface area contributed by atoms with E-state index in [2.05, 4.69) is 24.0 Å². The molecule has 156 valence electrons. The number of para-hydroxylation sites is 1. The van der Waals surface area contributed by atoms with Crippen molar-refractivity contribution in [1.29, 1.82) is 0 Å². The van der Waals surface area contributed by atoms with E-state index in [1.165, 1.54) is 0 Å². The molecule has 0 radical (unpaired) electrons. The van der Waals surface area contributed by atoms with Crippen LogP contribution >= 0.6 is 0 Å². The lowest BCUT2D eigenvalue weighted by Gasteiger charge is -2.33. The van der Waals surface area contributed by atoms with Crippen LogP contribution in [-0.2, 0) is 4.74 Å². The molecule has 5 heteroatoms. The van der Waals surface area contributed by atoms with Crippen LogP contribution in [0.2, 0.25) is 0 Å². The zero-order valence-electron chi connectivity index (χ0n) is 17.9. The molecule has 0 unspecified atom stereocenters. The fourth-order valence-electron chi connectivity index (χ4n) is 3.63. The molecule has 0 aliphatic carbocycles. The van der Waals surface area contributed by atoms with Gasteiger partial charge in [-0.2, -0.15) is 0 Å². The molecule has 0 N–H and O–H groups in total. The average molecular weight is 397 g/mol. The molecule has 0 aromatic heterocycles. The fourth-order valence-corrected chi connectivity index (χ4v) is 3.63. The second kappa shape index (κ2) is 9.21. The van der Waals surface area contributed by atoms with Gasteiger partial charge in [0.1, 0.15) is 17.1 Å². The van der Waals surface area contributed by atoms with Gasteiger partial charge in [0.2, 0.25) is 0 Å². The Morgan fingerprint density at radius 2 is 1.83 bits per heavy atom. The number of carbonyl (C=O) groups excluding carboxylic acids is 1. The van der Waals surface area contributed by atoms with Crippen molar-refractivity contribution in [2.24, 2.45) is 0 Å². The predicted octanol–water partition coefficient (Wildman–Crippen LogP) is 5.70. The van der Waals surface area contributed by atoms with E-state index in [4.69, 9.17) is 9.47 Å². The highest BCUT2D eigenvalue weighted by Crippen LogP contribution is 2.28. The third kappa shape index (κ3) is 5.89. The van der Waals surface area contributed by atoms with E-state index in [0.717, 1.165) is 49.7 Å². The third-order valence-corrected chi connectivity index (χ3v) is 4.98. The Morgan fingerprint density at radius 1 is 1.10 bits per heavy atom. The van der Waals surface area contributed by atoms with Crippen molar-refractivity contribution in [1.82, 2.24) is 4.90 Å². The SMILES string of the molecule is CCN(C[C@H]1CCCN1C(=O)OC(C)(C)C)c1cccc(Oc2ccccc2)c1. The Balaban J connectivity index is 1.69. The average Bonchev–Trinajstić information content (AvgIpc) is 3.14. The second-order valence-electron chi connectivity index (χ2n) is 8.42. The van der Waals surface area contributed by atoms with E-state index in [0.29, 0.717) is 0 Å². The molecule has 1 atom stereocenters. The normalized spacial score (nSPS) is 16.6. The number of hydrogen-bond donors (Lipinski definition) is 0. The molecule has 2 aromatic rings. The summed E-state index contributed by atoms with van der Waals surface area (Å²) in [5.74, 6) is 1.63. The van der Waals surface area contributed by atoms with Crippen LogP contribution in [0.3, 0.4) is 0 Å². The van der Waals surface area contributed by atoms with Gasteiger partial charge in [-0.25, -0.2) is 4.79 Å². The van der Waals surface area contributed by atoms with Crippen molar-refractivity contribution >= 4 is 11.8 Å². The van der Waals surface area contributed by atoms with E-state index in [-0.39, 0.29) is 12.1 Å². The predicted molar refractivity (Wildman–Crippen MR) is 117 cm³/mol. The molecule has 29 heavy (non-hydrogen) atoms. The molecule has 1 aliphatic rings. The molecular weight excluding hydrogens is 364 g/mol. The van der Waals surface area contributed by atoms with E-state index < -0.39 is 5.60 Å². The first-order chi connectivity index (χ1) is 13.9. The Morgan fingerprint density at radius 3 is 2.52 bits per heavy atom. The van der Waals surface area contributed by atoms with Gasteiger partial charge in [0, 0.05) is 31.4 Å². The van der Waals surface area contributed by atoms with E-state index in [1.54, 1.807) is 0 Å². The van der Waals surface area contributed by atoms with Crippen LogP contribution in [0, 0.1) is 0 Å². The number of ether oxygens (including phenoxy) is 2. The molecule has 5 nitrogen and oxygen atoms in total.